The molecule has 0 bridgehead atoms. The number of aromatic nitrogens is 2. The number of rotatable bonds is 2. The van der Waals surface area contributed by atoms with Gasteiger partial charge in [-0.15, -0.1) is 11.3 Å². The van der Waals surface area contributed by atoms with Crippen molar-refractivity contribution in [1.29, 1.82) is 0 Å². The van der Waals surface area contributed by atoms with Crippen molar-refractivity contribution < 1.29 is 9.53 Å². The zero-order valence-corrected chi connectivity index (χ0v) is 17.2. The largest absolute Gasteiger partial charge is 0.368 e. The van der Waals surface area contributed by atoms with Crippen molar-refractivity contribution in [1.82, 2.24) is 14.9 Å². The first-order valence-electron chi connectivity index (χ1n) is 9.97. The maximum Gasteiger partial charge on any atom is 0.234 e. The predicted molar refractivity (Wildman–Crippen MR) is 108 cm³/mol. The van der Waals surface area contributed by atoms with Crippen LogP contribution in [0.1, 0.15) is 49.2 Å². The van der Waals surface area contributed by atoms with Crippen molar-refractivity contribution in [2.75, 3.05) is 25.4 Å². The van der Waals surface area contributed by atoms with Crippen LogP contribution in [0.5, 0.6) is 0 Å². The Kier molecular flexibility index (Phi) is 3.87. The number of likely N-dealkylation sites (tertiary alicyclic amines) is 1. The van der Waals surface area contributed by atoms with Crippen molar-refractivity contribution in [3.8, 4) is 0 Å². The number of thiophene rings is 1. The zero-order valence-electron chi connectivity index (χ0n) is 16.4. The summed E-state index contributed by atoms with van der Waals surface area (Å²) in [5.74, 6) is 0.562. The first kappa shape index (κ1) is 18.1. The highest BCUT2D eigenvalue weighted by Crippen LogP contribution is 2.66. The number of hydrogen-bond acceptors (Lipinski definition) is 6. The number of carbonyl (C=O) groups excluding carboxylic acids is 1. The molecule has 3 aliphatic rings. The molecule has 6 nitrogen and oxygen atoms in total. The van der Waals surface area contributed by atoms with Gasteiger partial charge in [-0.1, -0.05) is 19.9 Å². The van der Waals surface area contributed by atoms with E-state index in [0.29, 0.717) is 25.6 Å². The predicted octanol–water partition coefficient (Wildman–Crippen LogP) is 2.88. The molecule has 2 aliphatic heterocycles. The maximum absolute atomic E-state index is 13.6. The number of hydrogen-bond donors (Lipinski definition) is 1. The second kappa shape index (κ2) is 6.00. The second-order valence-electron chi connectivity index (χ2n) is 8.93. The van der Waals surface area contributed by atoms with Crippen molar-refractivity contribution in [3.05, 3.63) is 39.8 Å². The minimum Gasteiger partial charge on any atom is -0.368 e. The molecule has 148 valence electrons. The van der Waals surface area contributed by atoms with Gasteiger partial charge in [0, 0.05) is 24.2 Å². The van der Waals surface area contributed by atoms with Gasteiger partial charge in [-0.3, -0.25) is 4.79 Å². The molecule has 1 aliphatic carbocycles. The topological polar surface area (TPSA) is 81.3 Å². The van der Waals surface area contributed by atoms with E-state index >= 15 is 0 Å². The van der Waals surface area contributed by atoms with E-state index in [1.807, 2.05) is 17.2 Å². The summed E-state index contributed by atoms with van der Waals surface area (Å²) in [6.45, 7) is 6.45. The second-order valence-corrected chi connectivity index (χ2v) is 9.88. The van der Waals surface area contributed by atoms with Crippen LogP contribution < -0.4 is 5.73 Å². The summed E-state index contributed by atoms with van der Waals surface area (Å²) >= 11 is 1.70. The molecule has 28 heavy (non-hydrogen) atoms. The molecule has 1 saturated heterocycles. The normalized spacial score (nSPS) is 27.4. The lowest BCUT2D eigenvalue weighted by Gasteiger charge is -2.44. The van der Waals surface area contributed by atoms with Gasteiger partial charge in [-0.05, 0) is 48.1 Å². The number of carbonyl (C=O) groups is 1. The molecule has 0 radical (unpaired) electrons. The van der Waals surface area contributed by atoms with Crippen LogP contribution in [0.15, 0.2) is 23.7 Å². The Labute approximate surface area is 169 Å². The fraction of sp³-hybridized carbons (Fsp3) is 0.571. The van der Waals surface area contributed by atoms with Gasteiger partial charge in [0.2, 0.25) is 11.9 Å². The minimum absolute atomic E-state index is 0.0136. The van der Waals surface area contributed by atoms with Crippen molar-refractivity contribution in [2.24, 2.45) is 5.41 Å². The zero-order chi connectivity index (χ0) is 19.6. The van der Waals surface area contributed by atoms with Crippen LogP contribution in [0.4, 0.5) is 5.95 Å². The molecule has 1 atom stereocenters. The SMILES string of the molecule is CC1(C)CC1(C(=O)N1CCC2(CC1)OCCc1cnc(N)nc12)c1cccs1. The number of nitrogen functional groups attached to an aromatic ring is 1. The molecule has 2 N–H and O–H groups in total. The third kappa shape index (κ3) is 2.45. The Balaban J connectivity index is 1.39. The molecule has 7 heteroatoms. The number of piperidine rings is 1. The van der Waals surface area contributed by atoms with Crippen molar-refractivity contribution in [2.45, 2.75) is 50.5 Å². The van der Waals surface area contributed by atoms with Gasteiger partial charge in [0.05, 0.1) is 17.7 Å². The van der Waals surface area contributed by atoms with E-state index in [2.05, 4.69) is 35.3 Å². The molecule has 4 heterocycles. The van der Waals surface area contributed by atoms with Crippen LogP contribution >= 0.6 is 11.3 Å². The molecule has 2 aromatic heterocycles. The smallest absolute Gasteiger partial charge is 0.234 e. The molecule has 2 fully saturated rings. The molecule has 1 amide bonds. The molecular weight excluding hydrogens is 372 g/mol. The molecule has 2 aromatic rings. The lowest BCUT2D eigenvalue weighted by atomic mass is 9.82. The van der Waals surface area contributed by atoms with Crippen LogP contribution in [0.3, 0.4) is 0 Å². The Morgan fingerprint density at radius 3 is 2.71 bits per heavy atom. The van der Waals surface area contributed by atoms with Crippen molar-refractivity contribution >= 4 is 23.2 Å². The van der Waals surface area contributed by atoms with Gasteiger partial charge in [0.25, 0.3) is 0 Å². The van der Waals surface area contributed by atoms with E-state index < -0.39 is 5.60 Å². The average Bonchev–Trinajstić information content (AvgIpc) is 3.03. The van der Waals surface area contributed by atoms with Gasteiger partial charge >= 0.3 is 0 Å². The first-order chi connectivity index (χ1) is 13.4. The lowest BCUT2D eigenvalue weighted by Crippen LogP contribution is -2.51. The standard InChI is InChI=1S/C21H26N4O2S/c1-19(2)13-21(19,15-4-3-11-28-15)17(26)25-8-6-20(7-9-25)16-14(5-10-27-20)12-23-18(22)24-16/h3-4,11-12H,5-10,13H2,1-2H3,(H2,22,23,24). The van der Waals surface area contributed by atoms with E-state index in [1.54, 1.807) is 11.3 Å². The quantitative estimate of drug-likeness (QED) is 0.841. The maximum atomic E-state index is 13.6. The van der Waals surface area contributed by atoms with E-state index in [0.717, 1.165) is 36.9 Å². The van der Waals surface area contributed by atoms with Crippen molar-refractivity contribution in [3.63, 3.8) is 0 Å². The highest BCUT2D eigenvalue weighted by atomic mass is 32.1. The Morgan fingerprint density at radius 1 is 1.32 bits per heavy atom. The summed E-state index contributed by atoms with van der Waals surface area (Å²) in [6, 6.07) is 4.16. The molecule has 1 saturated carbocycles. The summed E-state index contributed by atoms with van der Waals surface area (Å²) in [5, 5.41) is 2.07. The Hall–Kier alpha value is -1.99. The van der Waals surface area contributed by atoms with Crippen LogP contribution in [-0.4, -0.2) is 40.5 Å². The average molecular weight is 399 g/mol. The van der Waals surface area contributed by atoms with Crippen LogP contribution in [0, 0.1) is 5.41 Å². The Morgan fingerprint density at radius 2 is 2.07 bits per heavy atom. The van der Waals surface area contributed by atoms with Gasteiger partial charge in [-0.2, -0.15) is 0 Å². The molecule has 1 spiro atoms. The third-order valence-corrected chi connectivity index (χ3v) is 8.00. The van der Waals surface area contributed by atoms with Crippen LogP contribution in [0.25, 0.3) is 0 Å². The van der Waals surface area contributed by atoms with E-state index in [-0.39, 0.29) is 16.7 Å². The summed E-state index contributed by atoms with van der Waals surface area (Å²) in [6.07, 6.45) is 5.07. The summed E-state index contributed by atoms with van der Waals surface area (Å²) in [4.78, 5) is 25.5. The molecule has 5 rings (SSSR count). The Bertz CT molecular complexity index is 918. The first-order valence-corrected chi connectivity index (χ1v) is 10.9. The van der Waals surface area contributed by atoms with Gasteiger partial charge in [0.1, 0.15) is 5.60 Å². The molecular formula is C21H26N4O2S. The van der Waals surface area contributed by atoms with E-state index in [1.165, 1.54) is 4.88 Å². The van der Waals surface area contributed by atoms with Gasteiger partial charge in [-0.25, -0.2) is 9.97 Å². The lowest BCUT2D eigenvalue weighted by molar-refractivity contribution is -0.144. The summed E-state index contributed by atoms with van der Waals surface area (Å²) < 4.78 is 6.25. The molecule has 1 unspecified atom stereocenters. The molecule has 0 aromatic carbocycles. The summed E-state index contributed by atoms with van der Waals surface area (Å²) in [5.41, 5.74) is 7.13. The highest BCUT2D eigenvalue weighted by Gasteiger charge is 2.68. The third-order valence-electron chi connectivity index (χ3n) is 6.97. The van der Waals surface area contributed by atoms with E-state index in [9.17, 15) is 4.79 Å². The fourth-order valence-corrected chi connectivity index (χ4v) is 6.27. The summed E-state index contributed by atoms with van der Waals surface area (Å²) in [7, 11) is 0. The van der Waals surface area contributed by atoms with Gasteiger partial charge < -0.3 is 15.4 Å². The fourth-order valence-electron chi connectivity index (χ4n) is 5.18. The number of ether oxygens (including phenoxy) is 1. The van der Waals surface area contributed by atoms with Crippen LogP contribution in [-0.2, 0) is 27.0 Å². The number of anilines is 1. The van der Waals surface area contributed by atoms with Gasteiger partial charge in [0.15, 0.2) is 0 Å². The number of nitrogens with two attached hydrogens (primary N) is 1. The number of fused-ring (bicyclic) bond motifs is 2. The van der Waals surface area contributed by atoms with E-state index in [4.69, 9.17) is 10.5 Å². The number of nitrogens with zero attached hydrogens (tertiary/aromatic N) is 3. The monoisotopic (exact) mass is 398 g/mol. The van der Waals surface area contributed by atoms with Crippen LogP contribution in [0.2, 0.25) is 0 Å². The number of amides is 1. The minimum atomic E-state index is -0.434. The highest BCUT2D eigenvalue weighted by molar-refractivity contribution is 7.10.